The number of amides is 1. The standard InChI is InChI=1S/C24H23F3N6O2/c1-14-12-20(32(2)31-14)29-23(34)17-4-3-5-19-21(17)30-22(28-19)16-7-6-15(13-18(16)24(25,26)27)33-8-10-35-11-9-33/h3-7,12-13H,8-11H2,1-2H3,(H,28,30)(H,29,34). The van der Waals surface area contributed by atoms with Gasteiger partial charge in [0, 0.05) is 37.5 Å². The molecule has 182 valence electrons. The van der Waals surface area contributed by atoms with Crippen LogP contribution in [0.5, 0.6) is 0 Å². The highest BCUT2D eigenvalue weighted by atomic mass is 19.4. The van der Waals surface area contributed by atoms with E-state index >= 15 is 0 Å². The average Bonchev–Trinajstić information content (AvgIpc) is 3.40. The van der Waals surface area contributed by atoms with Crippen LogP contribution >= 0.6 is 0 Å². The van der Waals surface area contributed by atoms with Crippen LogP contribution in [0, 0.1) is 6.92 Å². The van der Waals surface area contributed by atoms with E-state index in [9.17, 15) is 18.0 Å². The molecule has 0 aliphatic carbocycles. The minimum Gasteiger partial charge on any atom is -0.378 e. The number of para-hydroxylation sites is 1. The summed E-state index contributed by atoms with van der Waals surface area (Å²) in [7, 11) is 1.70. The number of H-pyrrole nitrogens is 1. The van der Waals surface area contributed by atoms with E-state index in [-0.39, 0.29) is 22.5 Å². The normalized spacial score (nSPS) is 14.5. The second-order valence-electron chi connectivity index (χ2n) is 8.36. The third-order valence-electron chi connectivity index (χ3n) is 5.94. The van der Waals surface area contributed by atoms with Gasteiger partial charge >= 0.3 is 6.18 Å². The van der Waals surface area contributed by atoms with Crippen LogP contribution in [0.25, 0.3) is 22.4 Å². The molecule has 1 fully saturated rings. The summed E-state index contributed by atoms with van der Waals surface area (Å²) in [6.45, 7) is 3.79. The van der Waals surface area contributed by atoms with Crippen LogP contribution in [0.1, 0.15) is 21.6 Å². The van der Waals surface area contributed by atoms with E-state index in [1.807, 2.05) is 4.90 Å². The van der Waals surface area contributed by atoms with Crippen LogP contribution in [-0.2, 0) is 18.0 Å². The Hall–Kier alpha value is -3.86. The van der Waals surface area contributed by atoms with Gasteiger partial charge in [-0.15, -0.1) is 0 Å². The number of aromatic amines is 1. The zero-order valence-corrected chi connectivity index (χ0v) is 19.1. The fraction of sp³-hybridized carbons (Fsp3) is 0.292. The van der Waals surface area contributed by atoms with Gasteiger partial charge in [-0.1, -0.05) is 6.07 Å². The van der Waals surface area contributed by atoms with Crippen LogP contribution in [0.2, 0.25) is 0 Å². The largest absolute Gasteiger partial charge is 0.417 e. The van der Waals surface area contributed by atoms with Gasteiger partial charge in [-0.25, -0.2) is 4.98 Å². The molecule has 2 N–H and O–H groups in total. The summed E-state index contributed by atoms with van der Waals surface area (Å²) in [4.78, 5) is 22.2. The van der Waals surface area contributed by atoms with Gasteiger partial charge in [0.05, 0.1) is 35.6 Å². The van der Waals surface area contributed by atoms with Gasteiger partial charge in [-0.2, -0.15) is 18.3 Å². The lowest BCUT2D eigenvalue weighted by Gasteiger charge is -2.29. The summed E-state index contributed by atoms with van der Waals surface area (Å²) in [5.74, 6) is 0.103. The van der Waals surface area contributed by atoms with E-state index < -0.39 is 17.6 Å². The number of ether oxygens (including phenoxy) is 1. The fourth-order valence-electron chi connectivity index (χ4n) is 4.25. The molecule has 0 bridgehead atoms. The highest BCUT2D eigenvalue weighted by molar-refractivity contribution is 6.11. The van der Waals surface area contributed by atoms with Crippen molar-refractivity contribution in [3.05, 3.63) is 59.3 Å². The van der Waals surface area contributed by atoms with Gasteiger partial charge in [0.25, 0.3) is 5.91 Å². The number of nitrogens with one attached hydrogen (secondary N) is 2. The summed E-state index contributed by atoms with van der Waals surface area (Å²) in [6, 6.07) is 10.8. The number of hydrogen-bond acceptors (Lipinski definition) is 5. The van der Waals surface area contributed by atoms with Gasteiger partial charge in [-0.3, -0.25) is 9.48 Å². The van der Waals surface area contributed by atoms with Crippen molar-refractivity contribution in [1.29, 1.82) is 0 Å². The first kappa shape index (κ1) is 22.9. The number of halogens is 3. The number of alkyl halides is 3. The molecule has 0 saturated carbocycles. The number of imidazole rings is 1. The van der Waals surface area contributed by atoms with E-state index in [2.05, 4.69) is 20.4 Å². The summed E-state index contributed by atoms with van der Waals surface area (Å²) in [6.07, 6.45) is -4.59. The van der Waals surface area contributed by atoms with Crippen molar-refractivity contribution >= 4 is 28.4 Å². The third-order valence-corrected chi connectivity index (χ3v) is 5.94. The Kier molecular flexibility index (Phi) is 5.72. The second-order valence-corrected chi connectivity index (χ2v) is 8.36. The maximum absolute atomic E-state index is 14.1. The molecule has 11 heteroatoms. The number of fused-ring (bicyclic) bond motifs is 1. The first-order valence-corrected chi connectivity index (χ1v) is 11.1. The molecule has 0 radical (unpaired) electrons. The summed E-state index contributed by atoms with van der Waals surface area (Å²) in [5.41, 5.74) is 1.32. The van der Waals surface area contributed by atoms with Crippen molar-refractivity contribution in [3.63, 3.8) is 0 Å². The van der Waals surface area contributed by atoms with Crippen molar-refractivity contribution in [1.82, 2.24) is 19.7 Å². The number of nitrogens with zero attached hydrogens (tertiary/aromatic N) is 4. The Balaban J connectivity index is 1.54. The SMILES string of the molecule is Cc1cc(NC(=O)c2cccc3[nH]c(-c4ccc(N5CCOCC5)cc4C(F)(F)F)nc23)n(C)n1. The number of aromatic nitrogens is 4. The summed E-state index contributed by atoms with van der Waals surface area (Å²) in [5, 5.41) is 6.98. The van der Waals surface area contributed by atoms with Gasteiger partial charge in [0.15, 0.2) is 0 Å². The van der Waals surface area contributed by atoms with E-state index in [0.717, 1.165) is 11.8 Å². The van der Waals surface area contributed by atoms with E-state index in [1.165, 1.54) is 10.7 Å². The average molecular weight is 484 g/mol. The number of hydrogen-bond donors (Lipinski definition) is 2. The molecule has 1 saturated heterocycles. The Bertz CT molecular complexity index is 1400. The van der Waals surface area contributed by atoms with Crippen LogP contribution in [0.3, 0.4) is 0 Å². The molecular formula is C24H23F3N6O2. The molecule has 1 aliphatic heterocycles. The molecule has 1 amide bonds. The van der Waals surface area contributed by atoms with Crippen LogP contribution < -0.4 is 10.2 Å². The van der Waals surface area contributed by atoms with Crippen molar-refractivity contribution in [2.75, 3.05) is 36.5 Å². The quantitative estimate of drug-likeness (QED) is 0.449. The monoisotopic (exact) mass is 484 g/mol. The summed E-state index contributed by atoms with van der Waals surface area (Å²) < 4.78 is 49.0. The van der Waals surface area contributed by atoms with Crippen LogP contribution in [0.15, 0.2) is 42.5 Å². The maximum Gasteiger partial charge on any atom is 0.417 e. The third kappa shape index (κ3) is 4.46. The number of carbonyl (C=O) groups excluding carboxylic acids is 1. The molecule has 5 rings (SSSR count). The Morgan fingerprint density at radius 1 is 1.14 bits per heavy atom. The van der Waals surface area contributed by atoms with Crippen molar-refractivity contribution < 1.29 is 22.7 Å². The van der Waals surface area contributed by atoms with Gasteiger partial charge < -0.3 is 19.9 Å². The molecule has 3 heterocycles. The van der Waals surface area contributed by atoms with Crippen LogP contribution in [-0.4, -0.2) is 52.0 Å². The van der Waals surface area contributed by atoms with Gasteiger partial charge in [-0.05, 0) is 37.3 Å². The molecule has 2 aromatic heterocycles. The lowest BCUT2D eigenvalue weighted by Crippen LogP contribution is -2.36. The molecule has 1 aliphatic rings. The predicted octanol–water partition coefficient (Wildman–Crippen LogP) is 4.38. The van der Waals surface area contributed by atoms with Crippen molar-refractivity contribution in [3.8, 4) is 11.4 Å². The Morgan fingerprint density at radius 3 is 2.60 bits per heavy atom. The Morgan fingerprint density at radius 2 is 1.91 bits per heavy atom. The zero-order valence-electron chi connectivity index (χ0n) is 19.1. The first-order valence-electron chi connectivity index (χ1n) is 11.1. The van der Waals surface area contributed by atoms with Crippen molar-refractivity contribution in [2.24, 2.45) is 7.05 Å². The predicted molar refractivity (Wildman–Crippen MR) is 125 cm³/mol. The first-order chi connectivity index (χ1) is 16.7. The van der Waals surface area contributed by atoms with E-state index in [1.54, 1.807) is 44.3 Å². The second kappa shape index (κ2) is 8.73. The number of carbonyl (C=O) groups is 1. The molecule has 2 aromatic carbocycles. The molecule has 0 atom stereocenters. The highest BCUT2D eigenvalue weighted by Gasteiger charge is 2.35. The minimum absolute atomic E-state index is 0.0393. The summed E-state index contributed by atoms with van der Waals surface area (Å²) >= 11 is 0. The maximum atomic E-state index is 14.1. The zero-order chi connectivity index (χ0) is 24.7. The molecule has 35 heavy (non-hydrogen) atoms. The number of aryl methyl sites for hydroxylation is 2. The minimum atomic E-state index is -4.59. The number of rotatable bonds is 4. The lowest BCUT2D eigenvalue weighted by molar-refractivity contribution is -0.137. The van der Waals surface area contributed by atoms with Crippen LogP contribution in [0.4, 0.5) is 24.7 Å². The van der Waals surface area contributed by atoms with Crippen molar-refractivity contribution in [2.45, 2.75) is 13.1 Å². The smallest absolute Gasteiger partial charge is 0.378 e. The van der Waals surface area contributed by atoms with E-state index in [4.69, 9.17) is 4.74 Å². The number of morpholine rings is 1. The lowest BCUT2D eigenvalue weighted by atomic mass is 10.0. The number of benzene rings is 2. The van der Waals surface area contributed by atoms with Gasteiger partial charge in [0.2, 0.25) is 0 Å². The molecule has 4 aromatic rings. The van der Waals surface area contributed by atoms with Gasteiger partial charge in [0.1, 0.15) is 17.2 Å². The molecule has 0 spiro atoms. The Labute approximate surface area is 198 Å². The molecule has 8 nitrogen and oxygen atoms in total. The number of anilines is 2. The topological polar surface area (TPSA) is 88.1 Å². The highest BCUT2D eigenvalue weighted by Crippen LogP contribution is 2.39. The van der Waals surface area contributed by atoms with E-state index in [0.29, 0.717) is 43.3 Å². The molecular weight excluding hydrogens is 461 g/mol. The molecule has 0 unspecified atom stereocenters. The fourth-order valence-corrected chi connectivity index (χ4v) is 4.25.